The summed E-state index contributed by atoms with van der Waals surface area (Å²) in [5, 5.41) is 11.6. The van der Waals surface area contributed by atoms with Crippen LogP contribution >= 0.6 is 0 Å². The van der Waals surface area contributed by atoms with E-state index in [-0.39, 0.29) is 18.4 Å². The summed E-state index contributed by atoms with van der Waals surface area (Å²) in [6.07, 6.45) is 2.87. The highest BCUT2D eigenvalue weighted by Crippen LogP contribution is 2.13. The normalized spacial score (nSPS) is 10.2. The van der Waals surface area contributed by atoms with E-state index in [4.69, 9.17) is 10.00 Å². The van der Waals surface area contributed by atoms with E-state index in [1.165, 1.54) is 0 Å². The lowest BCUT2D eigenvalue weighted by Crippen LogP contribution is -2.40. The summed E-state index contributed by atoms with van der Waals surface area (Å²) in [4.78, 5) is 26.7. The molecule has 2 aromatic rings. The maximum atomic E-state index is 12.6. The van der Waals surface area contributed by atoms with E-state index in [0.717, 1.165) is 30.6 Å². The van der Waals surface area contributed by atoms with Gasteiger partial charge in [0.25, 0.3) is 5.91 Å². The van der Waals surface area contributed by atoms with Gasteiger partial charge in [0.1, 0.15) is 5.75 Å². The number of nitriles is 1. The molecule has 0 radical (unpaired) electrons. The number of hydrogen-bond donors (Lipinski definition) is 1. The van der Waals surface area contributed by atoms with Crippen molar-refractivity contribution in [3.8, 4) is 11.8 Å². The fourth-order valence-corrected chi connectivity index (χ4v) is 2.87. The average Bonchev–Trinajstić information content (AvgIpc) is 2.78. The predicted octanol–water partition coefficient (Wildman–Crippen LogP) is 3.91. The van der Waals surface area contributed by atoms with E-state index >= 15 is 0 Å². The second-order valence-electron chi connectivity index (χ2n) is 7.03. The Kier molecular flexibility index (Phi) is 9.39. The van der Waals surface area contributed by atoms with E-state index in [0.29, 0.717) is 30.8 Å². The van der Waals surface area contributed by atoms with E-state index in [2.05, 4.69) is 18.3 Å². The molecular weight excluding hydrogens is 378 g/mol. The minimum Gasteiger partial charge on any atom is -0.494 e. The van der Waals surface area contributed by atoms with Gasteiger partial charge < -0.3 is 15.0 Å². The van der Waals surface area contributed by atoms with Crippen LogP contribution in [0.4, 0.5) is 0 Å². The molecule has 2 amide bonds. The summed E-state index contributed by atoms with van der Waals surface area (Å²) in [5.74, 6) is 0.292. The van der Waals surface area contributed by atoms with Crippen LogP contribution < -0.4 is 10.1 Å². The SMILES string of the molecule is CCCCOc1ccc(C(=O)NCC(=O)N(CCC)Cc2ccc(C#N)cc2)cc1. The number of ether oxygens (including phenoxy) is 1. The second kappa shape index (κ2) is 12.3. The van der Waals surface area contributed by atoms with E-state index in [1.807, 2.05) is 19.1 Å². The largest absolute Gasteiger partial charge is 0.494 e. The average molecular weight is 408 g/mol. The number of hydrogen-bond acceptors (Lipinski definition) is 4. The van der Waals surface area contributed by atoms with Gasteiger partial charge in [-0.2, -0.15) is 5.26 Å². The lowest BCUT2D eigenvalue weighted by molar-refractivity contribution is -0.130. The van der Waals surface area contributed by atoms with Crippen molar-refractivity contribution in [1.29, 1.82) is 5.26 Å². The molecule has 0 aliphatic carbocycles. The minimum absolute atomic E-state index is 0.0656. The third-order valence-corrected chi connectivity index (χ3v) is 4.59. The zero-order valence-electron chi connectivity index (χ0n) is 17.7. The third-order valence-electron chi connectivity index (χ3n) is 4.59. The summed E-state index contributed by atoms with van der Waals surface area (Å²) in [7, 11) is 0. The van der Waals surface area contributed by atoms with Crippen LogP contribution in [0, 0.1) is 11.3 Å². The summed E-state index contributed by atoms with van der Waals surface area (Å²) in [6.45, 7) is 5.73. The Balaban J connectivity index is 1.89. The van der Waals surface area contributed by atoms with Crippen molar-refractivity contribution >= 4 is 11.8 Å². The van der Waals surface area contributed by atoms with Crippen molar-refractivity contribution in [2.24, 2.45) is 0 Å². The van der Waals surface area contributed by atoms with Crippen LogP contribution in [0.2, 0.25) is 0 Å². The molecule has 0 saturated heterocycles. The predicted molar refractivity (Wildman–Crippen MR) is 116 cm³/mol. The Bertz CT molecular complexity index is 855. The zero-order valence-corrected chi connectivity index (χ0v) is 17.7. The molecule has 0 bridgehead atoms. The number of carbonyl (C=O) groups is 2. The van der Waals surface area contributed by atoms with E-state index < -0.39 is 0 Å². The molecule has 0 aromatic heterocycles. The van der Waals surface area contributed by atoms with Crippen molar-refractivity contribution in [1.82, 2.24) is 10.2 Å². The number of carbonyl (C=O) groups excluding carboxylic acids is 2. The first kappa shape index (κ1) is 23.0. The van der Waals surface area contributed by atoms with Crippen molar-refractivity contribution in [2.75, 3.05) is 19.7 Å². The number of amides is 2. The molecule has 0 spiro atoms. The van der Waals surface area contributed by atoms with Crippen LogP contribution in [0.25, 0.3) is 0 Å². The number of unbranched alkanes of at least 4 members (excludes halogenated alkanes) is 1. The first-order valence-corrected chi connectivity index (χ1v) is 10.3. The monoisotopic (exact) mass is 407 g/mol. The van der Waals surface area contributed by atoms with Gasteiger partial charge in [-0.15, -0.1) is 0 Å². The van der Waals surface area contributed by atoms with Gasteiger partial charge in [0.2, 0.25) is 5.91 Å². The first-order valence-electron chi connectivity index (χ1n) is 10.3. The molecule has 1 N–H and O–H groups in total. The van der Waals surface area contributed by atoms with E-state index in [1.54, 1.807) is 41.3 Å². The summed E-state index contributed by atoms with van der Waals surface area (Å²) >= 11 is 0. The van der Waals surface area contributed by atoms with Gasteiger partial charge in [0.15, 0.2) is 0 Å². The molecule has 6 nitrogen and oxygen atoms in total. The fourth-order valence-electron chi connectivity index (χ4n) is 2.87. The molecule has 0 fully saturated rings. The topological polar surface area (TPSA) is 82.4 Å². The zero-order chi connectivity index (χ0) is 21.8. The van der Waals surface area contributed by atoms with Gasteiger partial charge in [0.05, 0.1) is 24.8 Å². The number of nitrogens with one attached hydrogen (secondary N) is 1. The van der Waals surface area contributed by atoms with Gasteiger partial charge in [-0.05, 0) is 54.8 Å². The molecule has 0 saturated carbocycles. The quantitative estimate of drug-likeness (QED) is 0.573. The standard InChI is InChI=1S/C24H29N3O3/c1-3-5-15-30-22-12-10-21(11-13-22)24(29)26-17-23(28)27(14-4-2)18-20-8-6-19(16-25)7-9-20/h6-13H,3-5,14-15,17-18H2,1-2H3,(H,26,29). The molecule has 0 heterocycles. The molecule has 0 atom stereocenters. The fraction of sp³-hybridized carbons (Fsp3) is 0.375. The van der Waals surface area contributed by atoms with Crippen LogP contribution in [0.5, 0.6) is 5.75 Å². The Hall–Kier alpha value is -3.33. The van der Waals surface area contributed by atoms with Gasteiger partial charge in [-0.25, -0.2) is 0 Å². The summed E-state index contributed by atoms with van der Waals surface area (Å²) in [5.41, 5.74) is 2.02. The van der Waals surface area contributed by atoms with Crippen LogP contribution in [-0.4, -0.2) is 36.4 Å². The lowest BCUT2D eigenvalue weighted by atomic mass is 10.1. The highest BCUT2D eigenvalue weighted by molar-refractivity contribution is 5.96. The van der Waals surface area contributed by atoms with Gasteiger partial charge in [-0.1, -0.05) is 32.4 Å². The van der Waals surface area contributed by atoms with E-state index in [9.17, 15) is 9.59 Å². The van der Waals surface area contributed by atoms with Gasteiger partial charge >= 0.3 is 0 Å². The Morgan fingerprint density at radius 1 is 1.03 bits per heavy atom. The van der Waals surface area contributed by atoms with Crippen molar-refractivity contribution in [2.45, 2.75) is 39.7 Å². The maximum Gasteiger partial charge on any atom is 0.251 e. The highest BCUT2D eigenvalue weighted by atomic mass is 16.5. The molecule has 0 aliphatic rings. The van der Waals surface area contributed by atoms with Gasteiger partial charge in [0, 0.05) is 18.7 Å². The second-order valence-corrected chi connectivity index (χ2v) is 7.03. The van der Waals surface area contributed by atoms with Crippen LogP contribution in [0.3, 0.4) is 0 Å². The van der Waals surface area contributed by atoms with Crippen LogP contribution in [0.15, 0.2) is 48.5 Å². The smallest absolute Gasteiger partial charge is 0.251 e. The summed E-state index contributed by atoms with van der Waals surface area (Å²) in [6, 6.07) is 16.2. The van der Waals surface area contributed by atoms with Gasteiger partial charge in [-0.3, -0.25) is 9.59 Å². The number of nitrogens with zero attached hydrogens (tertiary/aromatic N) is 2. The first-order chi connectivity index (χ1) is 14.6. The molecule has 2 aromatic carbocycles. The van der Waals surface area contributed by atoms with Crippen LogP contribution in [-0.2, 0) is 11.3 Å². The molecule has 30 heavy (non-hydrogen) atoms. The highest BCUT2D eigenvalue weighted by Gasteiger charge is 2.15. The maximum absolute atomic E-state index is 12.6. The number of benzene rings is 2. The molecule has 0 unspecified atom stereocenters. The minimum atomic E-state index is -0.293. The molecule has 0 aliphatic heterocycles. The molecule has 158 valence electrons. The Morgan fingerprint density at radius 2 is 1.73 bits per heavy atom. The molecule has 2 rings (SSSR count). The Morgan fingerprint density at radius 3 is 2.33 bits per heavy atom. The van der Waals surface area contributed by atoms with Crippen LogP contribution in [0.1, 0.15) is 54.6 Å². The van der Waals surface area contributed by atoms with Crippen molar-refractivity contribution in [3.63, 3.8) is 0 Å². The third kappa shape index (κ3) is 7.25. The molecular formula is C24H29N3O3. The van der Waals surface area contributed by atoms with Crippen molar-refractivity contribution < 1.29 is 14.3 Å². The molecule has 6 heteroatoms. The van der Waals surface area contributed by atoms with Crippen molar-refractivity contribution in [3.05, 3.63) is 65.2 Å². The summed E-state index contributed by atoms with van der Waals surface area (Å²) < 4.78 is 5.60. The Labute approximate surface area is 178 Å². The number of rotatable bonds is 11. The lowest BCUT2D eigenvalue weighted by Gasteiger charge is -2.22.